The Morgan fingerprint density at radius 2 is 2.05 bits per heavy atom. The first-order valence-electron chi connectivity index (χ1n) is 6.29. The second-order valence-corrected chi connectivity index (χ2v) is 5.40. The smallest absolute Gasteiger partial charge is 0.283 e. The standard InChI is InChI=1S/C13H18N2O5S/c1-3-13(7-16,8-17)14-12(18)9-4-5-11(21-2)10(6-9)15(19)20/h4-6,16-17H,3,7-8H2,1-2H3,(H,14,18). The quantitative estimate of drug-likeness (QED) is 0.396. The molecule has 7 nitrogen and oxygen atoms in total. The number of hydrogen-bond acceptors (Lipinski definition) is 6. The molecular weight excluding hydrogens is 296 g/mol. The van der Waals surface area contributed by atoms with Gasteiger partial charge in [-0.15, -0.1) is 11.8 Å². The van der Waals surface area contributed by atoms with Crippen LogP contribution in [0.15, 0.2) is 23.1 Å². The lowest BCUT2D eigenvalue weighted by Gasteiger charge is -2.29. The minimum atomic E-state index is -1.13. The fourth-order valence-corrected chi connectivity index (χ4v) is 2.27. The molecule has 0 spiro atoms. The van der Waals surface area contributed by atoms with Crippen molar-refractivity contribution in [3.8, 4) is 0 Å². The third-order valence-corrected chi connectivity index (χ3v) is 4.08. The van der Waals surface area contributed by atoms with E-state index in [4.69, 9.17) is 0 Å². The van der Waals surface area contributed by atoms with Crippen molar-refractivity contribution in [1.29, 1.82) is 0 Å². The number of amides is 1. The van der Waals surface area contributed by atoms with E-state index < -0.39 is 29.6 Å². The summed E-state index contributed by atoms with van der Waals surface area (Å²) in [6, 6.07) is 4.17. The summed E-state index contributed by atoms with van der Waals surface area (Å²) < 4.78 is 0. The van der Waals surface area contributed by atoms with Crippen LogP contribution < -0.4 is 5.32 Å². The van der Waals surface area contributed by atoms with Gasteiger partial charge in [0.25, 0.3) is 11.6 Å². The number of aliphatic hydroxyl groups is 2. The highest BCUT2D eigenvalue weighted by Crippen LogP contribution is 2.28. The van der Waals surface area contributed by atoms with Gasteiger partial charge in [0.15, 0.2) is 0 Å². The Morgan fingerprint density at radius 1 is 1.43 bits per heavy atom. The first-order valence-corrected chi connectivity index (χ1v) is 7.52. The molecule has 1 rings (SSSR count). The Bertz CT molecular complexity index is 523. The van der Waals surface area contributed by atoms with Crippen LogP contribution in [0.1, 0.15) is 23.7 Å². The number of aliphatic hydroxyl groups excluding tert-OH is 2. The molecule has 116 valence electrons. The molecule has 0 saturated carbocycles. The minimum Gasteiger partial charge on any atom is -0.394 e. The van der Waals surface area contributed by atoms with Gasteiger partial charge in [0.05, 0.1) is 28.6 Å². The molecule has 0 atom stereocenters. The molecular formula is C13H18N2O5S. The van der Waals surface area contributed by atoms with E-state index in [1.165, 1.54) is 30.0 Å². The summed E-state index contributed by atoms with van der Waals surface area (Å²) in [5.41, 5.74) is -1.17. The average molecular weight is 314 g/mol. The second-order valence-electron chi connectivity index (χ2n) is 4.55. The van der Waals surface area contributed by atoms with Crippen LogP contribution in [-0.4, -0.2) is 46.1 Å². The molecule has 1 amide bonds. The fraction of sp³-hybridized carbons (Fsp3) is 0.462. The number of nitro groups is 1. The summed E-state index contributed by atoms with van der Waals surface area (Å²) in [7, 11) is 0. The normalized spacial score (nSPS) is 11.2. The van der Waals surface area contributed by atoms with Gasteiger partial charge in [0.2, 0.25) is 0 Å². The molecule has 0 bridgehead atoms. The molecule has 0 fully saturated rings. The molecule has 1 aromatic carbocycles. The van der Waals surface area contributed by atoms with Gasteiger partial charge in [-0.05, 0) is 24.8 Å². The second kappa shape index (κ2) is 7.39. The van der Waals surface area contributed by atoms with E-state index in [2.05, 4.69) is 5.32 Å². The predicted octanol–water partition coefficient (Wildman–Crippen LogP) is 1.18. The summed E-state index contributed by atoms with van der Waals surface area (Å²) in [5, 5.41) is 32.1. The van der Waals surface area contributed by atoms with E-state index in [1.807, 2.05) is 0 Å². The molecule has 8 heteroatoms. The summed E-state index contributed by atoms with van der Waals surface area (Å²) in [6.07, 6.45) is 2.04. The highest BCUT2D eigenvalue weighted by atomic mass is 32.2. The Kier molecular flexibility index (Phi) is 6.13. The molecule has 0 aromatic heterocycles. The molecule has 0 saturated heterocycles. The Morgan fingerprint density at radius 3 is 2.48 bits per heavy atom. The van der Waals surface area contributed by atoms with Gasteiger partial charge in [-0.25, -0.2) is 0 Å². The fourth-order valence-electron chi connectivity index (χ4n) is 1.73. The van der Waals surface area contributed by atoms with Crippen molar-refractivity contribution in [2.45, 2.75) is 23.8 Å². The van der Waals surface area contributed by atoms with Crippen LogP contribution in [0.2, 0.25) is 0 Å². The Labute approximate surface area is 126 Å². The van der Waals surface area contributed by atoms with Gasteiger partial charge in [0.1, 0.15) is 0 Å². The molecule has 0 aliphatic rings. The Balaban J connectivity index is 3.08. The Hall–Kier alpha value is -1.64. The maximum Gasteiger partial charge on any atom is 0.283 e. The predicted molar refractivity (Wildman–Crippen MR) is 79.5 cm³/mol. The lowest BCUT2D eigenvalue weighted by Crippen LogP contribution is -2.53. The van der Waals surface area contributed by atoms with Gasteiger partial charge in [-0.1, -0.05) is 6.92 Å². The van der Waals surface area contributed by atoms with Crippen LogP contribution in [0, 0.1) is 10.1 Å². The highest BCUT2D eigenvalue weighted by Gasteiger charge is 2.29. The number of thioether (sulfide) groups is 1. The third kappa shape index (κ3) is 3.93. The molecule has 0 radical (unpaired) electrons. The number of nitrogens with zero attached hydrogens (tertiary/aromatic N) is 1. The number of carbonyl (C=O) groups excluding carboxylic acids is 1. The molecule has 3 N–H and O–H groups in total. The lowest BCUT2D eigenvalue weighted by atomic mass is 9.97. The van der Waals surface area contributed by atoms with Crippen molar-refractivity contribution in [3.63, 3.8) is 0 Å². The number of nitro benzene ring substituents is 1. The van der Waals surface area contributed by atoms with Gasteiger partial charge in [0, 0.05) is 11.6 Å². The van der Waals surface area contributed by atoms with Gasteiger partial charge in [-0.2, -0.15) is 0 Å². The van der Waals surface area contributed by atoms with Crippen molar-refractivity contribution >= 4 is 23.4 Å². The molecule has 0 unspecified atom stereocenters. The SMILES string of the molecule is CCC(CO)(CO)NC(=O)c1ccc(SC)c([N+](=O)[O-])c1. The van der Waals surface area contributed by atoms with Gasteiger partial charge in [-0.3, -0.25) is 14.9 Å². The zero-order chi connectivity index (χ0) is 16.0. The topological polar surface area (TPSA) is 113 Å². The van der Waals surface area contributed by atoms with Crippen LogP contribution in [-0.2, 0) is 0 Å². The lowest BCUT2D eigenvalue weighted by molar-refractivity contribution is -0.387. The molecule has 21 heavy (non-hydrogen) atoms. The zero-order valence-corrected chi connectivity index (χ0v) is 12.6. The number of rotatable bonds is 7. The van der Waals surface area contributed by atoms with Crippen molar-refractivity contribution in [1.82, 2.24) is 5.32 Å². The monoisotopic (exact) mass is 314 g/mol. The molecule has 0 aliphatic heterocycles. The molecule has 1 aromatic rings. The first kappa shape index (κ1) is 17.4. The van der Waals surface area contributed by atoms with Crippen molar-refractivity contribution < 1.29 is 19.9 Å². The van der Waals surface area contributed by atoms with E-state index in [-0.39, 0.29) is 11.3 Å². The van der Waals surface area contributed by atoms with Crippen molar-refractivity contribution in [2.75, 3.05) is 19.5 Å². The van der Waals surface area contributed by atoms with Crippen LogP contribution in [0.4, 0.5) is 5.69 Å². The van der Waals surface area contributed by atoms with Crippen LogP contribution in [0.25, 0.3) is 0 Å². The molecule has 0 heterocycles. The van der Waals surface area contributed by atoms with E-state index in [9.17, 15) is 25.1 Å². The van der Waals surface area contributed by atoms with E-state index in [1.54, 1.807) is 13.2 Å². The van der Waals surface area contributed by atoms with Crippen LogP contribution >= 0.6 is 11.8 Å². The van der Waals surface area contributed by atoms with Crippen molar-refractivity contribution in [3.05, 3.63) is 33.9 Å². The summed E-state index contributed by atoms with van der Waals surface area (Å²) in [5.74, 6) is -0.573. The third-order valence-electron chi connectivity index (χ3n) is 3.30. The highest BCUT2D eigenvalue weighted by molar-refractivity contribution is 7.98. The minimum absolute atomic E-state index is 0.110. The van der Waals surface area contributed by atoms with E-state index in [0.29, 0.717) is 11.3 Å². The number of hydrogen-bond donors (Lipinski definition) is 3. The number of benzene rings is 1. The summed E-state index contributed by atoms with van der Waals surface area (Å²) in [4.78, 5) is 23.1. The van der Waals surface area contributed by atoms with Crippen molar-refractivity contribution in [2.24, 2.45) is 0 Å². The van der Waals surface area contributed by atoms with Crippen LogP contribution in [0.5, 0.6) is 0 Å². The van der Waals surface area contributed by atoms with E-state index >= 15 is 0 Å². The van der Waals surface area contributed by atoms with E-state index in [0.717, 1.165) is 0 Å². The largest absolute Gasteiger partial charge is 0.394 e. The first-order chi connectivity index (χ1) is 9.92. The average Bonchev–Trinajstić information content (AvgIpc) is 2.51. The van der Waals surface area contributed by atoms with Gasteiger partial charge >= 0.3 is 0 Å². The number of nitrogens with one attached hydrogen (secondary N) is 1. The van der Waals surface area contributed by atoms with Crippen LogP contribution in [0.3, 0.4) is 0 Å². The summed E-state index contributed by atoms with van der Waals surface area (Å²) in [6.45, 7) is 0.874. The number of carbonyl (C=O) groups is 1. The zero-order valence-electron chi connectivity index (χ0n) is 11.8. The van der Waals surface area contributed by atoms with Gasteiger partial charge < -0.3 is 15.5 Å². The molecule has 0 aliphatic carbocycles. The maximum absolute atomic E-state index is 12.1. The maximum atomic E-state index is 12.1. The summed E-state index contributed by atoms with van der Waals surface area (Å²) >= 11 is 1.22.